The average molecular weight is 512 g/mol. The Hall–Kier alpha value is -4.19. The van der Waals surface area contributed by atoms with Crippen molar-refractivity contribution in [3.63, 3.8) is 0 Å². The Morgan fingerprint density at radius 3 is 2.26 bits per heavy atom. The first-order valence-corrected chi connectivity index (χ1v) is 12.7. The third-order valence-electron chi connectivity index (χ3n) is 6.82. The summed E-state index contributed by atoms with van der Waals surface area (Å²) in [6, 6.07) is 18.9. The normalized spacial score (nSPS) is 17.1. The van der Waals surface area contributed by atoms with Gasteiger partial charge in [-0.15, -0.1) is 0 Å². The Bertz CT molecular complexity index is 1440. The number of hydrogen-bond acceptors (Lipinski definition) is 5. The number of amides is 1. The summed E-state index contributed by atoms with van der Waals surface area (Å²) >= 11 is 0. The van der Waals surface area contributed by atoms with Gasteiger partial charge in [0.1, 0.15) is 5.76 Å². The Labute approximate surface area is 223 Å². The van der Waals surface area contributed by atoms with Crippen molar-refractivity contribution in [1.82, 2.24) is 0 Å². The van der Waals surface area contributed by atoms with E-state index in [2.05, 4.69) is 20.8 Å². The number of aliphatic hydroxyl groups is 1. The van der Waals surface area contributed by atoms with Crippen LogP contribution in [0.1, 0.15) is 71.9 Å². The predicted octanol–water partition coefficient (Wildman–Crippen LogP) is 6.40. The molecule has 1 aliphatic rings. The molecule has 1 fully saturated rings. The summed E-state index contributed by atoms with van der Waals surface area (Å²) in [7, 11) is 0. The minimum absolute atomic E-state index is 0.0317. The van der Waals surface area contributed by atoms with E-state index in [-0.39, 0.29) is 23.4 Å². The summed E-state index contributed by atoms with van der Waals surface area (Å²) < 4.78 is 5.06. The number of carbonyl (C=O) groups excluding carboxylic acids is 3. The first kappa shape index (κ1) is 26.9. The van der Waals surface area contributed by atoms with Crippen LogP contribution in [0.2, 0.25) is 0 Å². The highest BCUT2D eigenvalue weighted by Crippen LogP contribution is 2.43. The molecule has 1 saturated heterocycles. The highest BCUT2D eigenvalue weighted by molar-refractivity contribution is 6.51. The molecule has 1 amide bonds. The number of anilines is 1. The smallest absolute Gasteiger partial charge is 0.338 e. The van der Waals surface area contributed by atoms with Gasteiger partial charge in [-0.2, -0.15) is 0 Å². The molecule has 0 saturated carbocycles. The van der Waals surface area contributed by atoms with E-state index in [1.807, 2.05) is 56.3 Å². The zero-order valence-electron chi connectivity index (χ0n) is 22.7. The minimum atomic E-state index is -0.846. The van der Waals surface area contributed by atoms with Crippen LogP contribution in [0.25, 0.3) is 5.76 Å². The van der Waals surface area contributed by atoms with Gasteiger partial charge in [-0.05, 0) is 73.2 Å². The van der Waals surface area contributed by atoms with E-state index in [0.717, 1.165) is 16.7 Å². The van der Waals surface area contributed by atoms with Crippen LogP contribution in [-0.4, -0.2) is 29.4 Å². The van der Waals surface area contributed by atoms with E-state index in [4.69, 9.17) is 4.74 Å². The second-order valence-corrected chi connectivity index (χ2v) is 10.6. The van der Waals surface area contributed by atoms with Gasteiger partial charge >= 0.3 is 5.97 Å². The highest BCUT2D eigenvalue weighted by Gasteiger charge is 2.47. The molecule has 3 aromatic rings. The van der Waals surface area contributed by atoms with Crippen molar-refractivity contribution in [2.24, 2.45) is 0 Å². The molecule has 1 aliphatic heterocycles. The fraction of sp³-hybridized carbons (Fsp3) is 0.281. The zero-order chi connectivity index (χ0) is 27.8. The number of hydrogen-bond donors (Lipinski definition) is 1. The summed E-state index contributed by atoms with van der Waals surface area (Å²) in [6.07, 6.45) is 0. The van der Waals surface area contributed by atoms with Gasteiger partial charge < -0.3 is 9.84 Å². The van der Waals surface area contributed by atoms with Crippen molar-refractivity contribution in [2.45, 2.75) is 53.0 Å². The summed E-state index contributed by atoms with van der Waals surface area (Å²) in [6.45, 7) is 12.0. The molecule has 1 unspecified atom stereocenters. The molecule has 1 atom stereocenters. The SMILES string of the molecule is CCOC(=O)c1ccc(N2C(=O)C(=O)/C(=C(/O)c3cc(C(C)(C)C)ccc3C)C2c2cccc(C)c2)cc1. The number of aryl methyl sites for hydroxylation is 2. The molecule has 3 aromatic carbocycles. The van der Waals surface area contributed by atoms with Crippen LogP contribution in [0, 0.1) is 13.8 Å². The van der Waals surface area contributed by atoms with Crippen LogP contribution in [0.4, 0.5) is 5.69 Å². The van der Waals surface area contributed by atoms with Gasteiger partial charge in [-0.3, -0.25) is 14.5 Å². The molecule has 1 N–H and O–H groups in total. The van der Waals surface area contributed by atoms with Crippen LogP contribution in [0.5, 0.6) is 0 Å². The molecule has 6 nitrogen and oxygen atoms in total. The fourth-order valence-electron chi connectivity index (χ4n) is 4.72. The summed E-state index contributed by atoms with van der Waals surface area (Å²) in [5.74, 6) is -2.18. The van der Waals surface area contributed by atoms with Gasteiger partial charge in [0.2, 0.25) is 0 Å². The van der Waals surface area contributed by atoms with Gasteiger partial charge in [-0.25, -0.2) is 4.79 Å². The third kappa shape index (κ3) is 4.99. The van der Waals surface area contributed by atoms with Crippen molar-refractivity contribution < 1.29 is 24.2 Å². The molecule has 196 valence electrons. The topological polar surface area (TPSA) is 83.9 Å². The first-order chi connectivity index (χ1) is 17.9. The number of benzene rings is 3. The van der Waals surface area contributed by atoms with Crippen molar-refractivity contribution in [3.8, 4) is 0 Å². The molecule has 0 aromatic heterocycles. The van der Waals surface area contributed by atoms with Gasteiger partial charge in [-0.1, -0.05) is 62.7 Å². The van der Waals surface area contributed by atoms with Crippen LogP contribution < -0.4 is 4.90 Å². The highest BCUT2D eigenvalue weighted by atomic mass is 16.5. The van der Waals surface area contributed by atoms with Gasteiger partial charge in [0.05, 0.1) is 23.8 Å². The van der Waals surface area contributed by atoms with Gasteiger partial charge in [0.15, 0.2) is 0 Å². The van der Waals surface area contributed by atoms with Crippen LogP contribution in [0.3, 0.4) is 0 Å². The molecule has 0 radical (unpaired) electrons. The van der Waals surface area contributed by atoms with Crippen molar-refractivity contribution in [1.29, 1.82) is 0 Å². The average Bonchev–Trinajstić information content (AvgIpc) is 3.13. The molecular weight excluding hydrogens is 478 g/mol. The molecule has 0 bridgehead atoms. The number of rotatable bonds is 5. The zero-order valence-corrected chi connectivity index (χ0v) is 22.7. The van der Waals surface area contributed by atoms with Crippen molar-refractivity contribution >= 4 is 29.1 Å². The summed E-state index contributed by atoms with van der Waals surface area (Å²) in [5.41, 5.74) is 4.60. The second kappa shape index (κ2) is 10.3. The Morgan fingerprint density at radius 1 is 0.974 bits per heavy atom. The largest absolute Gasteiger partial charge is 0.507 e. The van der Waals surface area contributed by atoms with E-state index in [1.165, 1.54) is 4.90 Å². The first-order valence-electron chi connectivity index (χ1n) is 12.7. The standard InChI is InChI=1S/C32H33NO5/c1-7-38-31(37)21-12-15-24(16-13-21)33-27(22-10-8-9-19(2)17-22)26(29(35)30(33)36)28(34)25-18-23(32(4,5)6)14-11-20(25)3/h8-18,27,34H,7H2,1-6H3/b28-26+. The number of carbonyl (C=O) groups is 3. The molecule has 1 heterocycles. The summed E-state index contributed by atoms with van der Waals surface area (Å²) in [4.78, 5) is 40.6. The lowest BCUT2D eigenvalue weighted by atomic mass is 9.84. The van der Waals surface area contributed by atoms with E-state index in [0.29, 0.717) is 22.4 Å². The van der Waals surface area contributed by atoms with E-state index >= 15 is 0 Å². The van der Waals surface area contributed by atoms with E-state index < -0.39 is 23.7 Å². The molecular formula is C32H33NO5. The minimum Gasteiger partial charge on any atom is -0.507 e. The maximum atomic E-state index is 13.5. The van der Waals surface area contributed by atoms with E-state index in [1.54, 1.807) is 31.2 Å². The number of nitrogens with zero attached hydrogens (tertiary/aromatic N) is 1. The third-order valence-corrected chi connectivity index (χ3v) is 6.82. The Balaban J connectivity index is 1.92. The lowest BCUT2D eigenvalue weighted by Crippen LogP contribution is -2.29. The number of ether oxygens (including phenoxy) is 1. The van der Waals surface area contributed by atoms with Crippen LogP contribution in [-0.2, 0) is 19.7 Å². The molecule has 4 rings (SSSR count). The quantitative estimate of drug-likeness (QED) is 0.185. The van der Waals surface area contributed by atoms with Crippen molar-refractivity contribution in [2.75, 3.05) is 11.5 Å². The monoisotopic (exact) mass is 511 g/mol. The van der Waals surface area contributed by atoms with Crippen molar-refractivity contribution in [3.05, 3.63) is 106 Å². The Morgan fingerprint density at radius 2 is 1.66 bits per heavy atom. The fourth-order valence-corrected chi connectivity index (χ4v) is 4.72. The predicted molar refractivity (Wildman–Crippen MR) is 148 cm³/mol. The number of aliphatic hydroxyl groups excluding tert-OH is 1. The summed E-state index contributed by atoms with van der Waals surface area (Å²) in [5, 5.41) is 11.6. The lowest BCUT2D eigenvalue weighted by molar-refractivity contribution is -0.132. The maximum Gasteiger partial charge on any atom is 0.338 e. The van der Waals surface area contributed by atoms with Gasteiger partial charge in [0.25, 0.3) is 11.7 Å². The number of ketones is 1. The Kier molecular flexibility index (Phi) is 7.27. The van der Waals surface area contributed by atoms with Gasteiger partial charge in [0, 0.05) is 11.3 Å². The van der Waals surface area contributed by atoms with Crippen LogP contribution >= 0.6 is 0 Å². The number of esters is 1. The maximum absolute atomic E-state index is 13.5. The lowest BCUT2D eigenvalue weighted by Gasteiger charge is -2.26. The molecule has 6 heteroatoms. The molecule has 0 spiro atoms. The van der Waals surface area contributed by atoms with E-state index in [9.17, 15) is 19.5 Å². The molecule has 38 heavy (non-hydrogen) atoms. The van der Waals surface area contributed by atoms with Crippen LogP contribution in [0.15, 0.2) is 72.3 Å². The second-order valence-electron chi connectivity index (χ2n) is 10.6. The molecule has 0 aliphatic carbocycles. The number of Topliss-reactive ketones (excluding diaryl/α,β-unsaturated/α-hetero) is 1.